The van der Waals surface area contributed by atoms with Crippen molar-refractivity contribution in [2.24, 2.45) is 5.73 Å². The van der Waals surface area contributed by atoms with Gasteiger partial charge in [0.25, 0.3) is 0 Å². The van der Waals surface area contributed by atoms with Crippen molar-refractivity contribution < 1.29 is 9.53 Å². The van der Waals surface area contributed by atoms with Gasteiger partial charge in [0.15, 0.2) is 0 Å². The van der Waals surface area contributed by atoms with E-state index in [1.54, 1.807) is 7.11 Å². The van der Waals surface area contributed by atoms with E-state index in [-0.39, 0.29) is 18.3 Å². The van der Waals surface area contributed by atoms with Crippen LogP contribution in [-0.2, 0) is 11.2 Å². The van der Waals surface area contributed by atoms with Crippen molar-refractivity contribution in [3.8, 4) is 5.75 Å². The molecule has 21 heavy (non-hydrogen) atoms. The number of amides is 1. The number of nitrogens with one attached hydrogen (secondary N) is 1. The summed E-state index contributed by atoms with van der Waals surface area (Å²) in [7, 11) is 1.67. The van der Waals surface area contributed by atoms with Crippen LogP contribution in [0.4, 0.5) is 0 Å². The molecule has 0 spiro atoms. The lowest BCUT2D eigenvalue weighted by Crippen LogP contribution is -2.25. The highest BCUT2D eigenvalue weighted by atomic mass is 35.5. The molecule has 0 aliphatic rings. The number of ether oxygens (including phenoxy) is 1. The Kier molecular flexibility index (Phi) is 11.7. The van der Waals surface area contributed by atoms with E-state index in [1.807, 2.05) is 24.3 Å². The molecule has 0 unspecified atom stereocenters. The fourth-order valence-electron chi connectivity index (χ4n) is 2.12. The average Bonchev–Trinajstić information content (AvgIpc) is 2.47. The number of para-hydroxylation sites is 1. The van der Waals surface area contributed by atoms with Gasteiger partial charge >= 0.3 is 0 Å². The van der Waals surface area contributed by atoms with E-state index < -0.39 is 0 Å². The Bertz CT molecular complexity index is 400. The number of hydrogen-bond donors (Lipinski definition) is 2. The van der Waals surface area contributed by atoms with Crippen molar-refractivity contribution in [3.63, 3.8) is 0 Å². The van der Waals surface area contributed by atoms with E-state index in [9.17, 15) is 4.79 Å². The summed E-state index contributed by atoms with van der Waals surface area (Å²) in [5.41, 5.74) is 6.55. The first-order valence-corrected chi connectivity index (χ1v) is 7.36. The van der Waals surface area contributed by atoms with Crippen LogP contribution in [0.5, 0.6) is 5.75 Å². The molecule has 0 aliphatic carbocycles. The number of benzene rings is 1. The highest BCUT2D eigenvalue weighted by molar-refractivity contribution is 5.85. The lowest BCUT2D eigenvalue weighted by atomic mass is 10.1. The van der Waals surface area contributed by atoms with Crippen LogP contribution in [-0.4, -0.2) is 26.1 Å². The van der Waals surface area contributed by atoms with Gasteiger partial charge in [-0.1, -0.05) is 31.0 Å². The largest absolute Gasteiger partial charge is 0.496 e. The predicted octanol–water partition coefficient (Wildman–Crippen LogP) is 2.68. The molecule has 1 rings (SSSR count). The minimum Gasteiger partial charge on any atom is -0.496 e. The molecule has 0 saturated carbocycles. The molecular weight excluding hydrogens is 288 g/mol. The van der Waals surface area contributed by atoms with Gasteiger partial charge in [-0.15, -0.1) is 12.4 Å². The van der Waals surface area contributed by atoms with Crippen molar-refractivity contribution in [2.75, 3.05) is 20.2 Å². The van der Waals surface area contributed by atoms with E-state index in [0.717, 1.165) is 50.0 Å². The van der Waals surface area contributed by atoms with Crippen LogP contribution in [0, 0.1) is 0 Å². The predicted molar refractivity (Wildman–Crippen MR) is 89.1 cm³/mol. The molecule has 4 nitrogen and oxygen atoms in total. The van der Waals surface area contributed by atoms with E-state index in [2.05, 4.69) is 5.32 Å². The number of carbonyl (C=O) groups excluding carboxylic acids is 1. The summed E-state index contributed by atoms with van der Waals surface area (Å²) >= 11 is 0. The van der Waals surface area contributed by atoms with Gasteiger partial charge in [0.1, 0.15) is 5.75 Å². The molecule has 0 aromatic heterocycles. The zero-order valence-electron chi connectivity index (χ0n) is 12.8. The number of hydrogen-bond acceptors (Lipinski definition) is 3. The minimum atomic E-state index is 0. The van der Waals surface area contributed by atoms with Crippen molar-refractivity contribution in [1.29, 1.82) is 0 Å². The van der Waals surface area contributed by atoms with Gasteiger partial charge in [-0.25, -0.2) is 0 Å². The molecule has 5 heteroatoms. The van der Waals surface area contributed by atoms with Gasteiger partial charge in [0, 0.05) is 13.0 Å². The molecule has 1 aromatic carbocycles. The Morgan fingerprint density at radius 1 is 1.19 bits per heavy atom. The molecule has 0 atom stereocenters. The van der Waals surface area contributed by atoms with Gasteiger partial charge in [-0.3, -0.25) is 4.79 Å². The molecule has 1 aromatic rings. The smallest absolute Gasteiger partial charge is 0.220 e. The topological polar surface area (TPSA) is 64.3 Å². The van der Waals surface area contributed by atoms with Crippen LogP contribution in [0.3, 0.4) is 0 Å². The van der Waals surface area contributed by atoms with Crippen molar-refractivity contribution >= 4 is 18.3 Å². The lowest BCUT2D eigenvalue weighted by Gasteiger charge is -2.09. The second-order valence-corrected chi connectivity index (χ2v) is 4.86. The molecule has 120 valence electrons. The lowest BCUT2D eigenvalue weighted by molar-refractivity contribution is -0.121. The van der Waals surface area contributed by atoms with Crippen molar-refractivity contribution in [2.45, 2.75) is 38.5 Å². The number of unbranched alkanes of at least 4 members (excludes halogenated alkanes) is 3. The number of methoxy groups -OCH3 is 1. The van der Waals surface area contributed by atoms with Crippen LogP contribution in [0.2, 0.25) is 0 Å². The molecule has 0 radical (unpaired) electrons. The first-order valence-electron chi connectivity index (χ1n) is 7.36. The number of halogens is 1. The Labute approximate surface area is 133 Å². The fourth-order valence-corrected chi connectivity index (χ4v) is 2.12. The quantitative estimate of drug-likeness (QED) is 0.653. The summed E-state index contributed by atoms with van der Waals surface area (Å²) in [4.78, 5) is 11.7. The monoisotopic (exact) mass is 314 g/mol. The van der Waals surface area contributed by atoms with Gasteiger partial charge in [-0.2, -0.15) is 0 Å². The standard InChI is InChI=1S/C16H26N2O2.ClH/c1-20-15-9-6-5-8-14(15)11-13-18-16(19)10-4-2-3-7-12-17;/h5-6,8-9H,2-4,7,10-13,17H2,1H3,(H,18,19);1H. The molecule has 3 N–H and O–H groups in total. The normalized spacial score (nSPS) is 9.81. The summed E-state index contributed by atoms with van der Waals surface area (Å²) in [5, 5.41) is 2.95. The van der Waals surface area contributed by atoms with Gasteiger partial charge in [0.05, 0.1) is 7.11 Å². The molecule has 1 amide bonds. The molecule has 0 heterocycles. The van der Waals surface area contributed by atoms with E-state index >= 15 is 0 Å². The Hall–Kier alpha value is -1.26. The zero-order chi connectivity index (χ0) is 14.6. The summed E-state index contributed by atoms with van der Waals surface area (Å²) in [6, 6.07) is 7.89. The molecular formula is C16H27ClN2O2. The highest BCUT2D eigenvalue weighted by Crippen LogP contribution is 2.17. The summed E-state index contributed by atoms with van der Waals surface area (Å²) in [5.74, 6) is 1.01. The molecule has 0 fully saturated rings. The third-order valence-electron chi connectivity index (χ3n) is 3.27. The van der Waals surface area contributed by atoms with Crippen LogP contribution >= 0.6 is 12.4 Å². The van der Waals surface area contributed by atoms with E-state index in [1.165, 1.54) is 0 Å². The van der Waals surface area contributed by atoms with Crippen molar-refractivity contribution in [3.05, 3.63) is 29.8 Å². The molecule has 0 saturated heterocycles. The second kappa shape index (κ2) is 12.5. The number of nitrogens with two attached hydrogens (primary N) is 1. The first kappa shape index (κ1) is 19.7. The average molecular weight is 315 g/mol. The minimum absolute atomic E-state index is 0. The first-order chi connectivity index (χ1) is 9.77. The van der Waals surface area contributed by atoms with Crippen LogP contribution in [0.1, 0.15) is 37.7 Å². The van der Waals surface area contributed by atoms with E-state index in [0.29, 0.717) is 13.0 Å². The third kappa shape index (κ3) is 8.58. The second-order valence-electron chi connectivity index (χ2n) is 4.86. The van der Waals surface area contributed by atoms with Crippen LogP contribution < -0.4 is 15.8 Å². The maximum atomic E-state index is 11.7. The zero-order valence-corrected chi connectivity index (χ0v) is 13.6. The summed E-state index contributed by atoms with van der Waals surface area (Å²) in [6.45, 7) is 1.40. The Balaban J connectivity index is 0.00000400. The maximum absolute atomic E-state index is 11.7. The fraction of sp³-hybridized carbons (Fsp3) is 0.562. The Morgan fingerprint density at radius 3 is 2.62 bits per heavy atom. The van der Waals surface area contributed by atoms with Gasteiger partial charge in [-0.05, 0) is 37.4 Å². The SMILES string of the molecule is COc1ccccc1CCNC(=O)CCCCCCN.Cl. The third-order valence-corrected chi connectivity index (χ3v) is 3.27. The van der Waals surface area contributed by atoms with Crippen LogP contribution in [0.15, 0.2) is 24.3 Å². The van der Waals surface area contributed by atoms with Gasteiger partial charge < -0.3 is 15.8 Å². The molecule has 0 bridgehead atoms. The summed E-state index contributed by atoms with van der Waals surface area (Å²) in [6.07, 6.45) is 5.59. The van der Waals surface area contributed by atoms with Crippen LogP contribution in [0.25, 0.3) is 0 Å². The maximum Gasteiger partial charge on any atom is 0.220 e. The number of rotatable bonds is 10. The summed E-state index contributed by atoms with van der Waals surface area (Å²) < 4.78 is 5.28. The van der Waals surface area contributed by atoms with Crippen molar-refractivity contribution in [1.82, 2.24) is 5.32 Å². The number of carbonyl (C=O) groups is 1. The van der Waals surface area contributed by atoms with E-state index in [4.69, 9.17) is 10.5 Å². The van der Waals surface area contributed by atoms with Gasteiger partial charge in [0.2, 0.25) is 5.91 Å². The molecule has 0 aliphatic heterocycles. The Morgan fingerprint density at radius 2 is 1.90 bits per heavy atom. The highest BCUT2D eigenvalue weighted by Gasteiger charge is 2.03.